The number of hydrogen-bond donors (Lipinski definition) is 2. The molecule has 0 radical (unpaired) electrons. The fourth-order valence-electron chi connectivity index (χ4n) is 3.64. The van der Waals surface area contributed by atoms with E-state index in [0.29, 0.717) is 13.1 Å². The number of nitrogens with one attached hydrogen (secondary N) is 2. The molecule has 0 bridgehead atoms. The molecule has 5 nitrogen and oxygen atoms in total. The zero-order valence-corrected chi connectivity index (χ0v) is 16.7. The van der Waals surface area contributed by atoms with Crippen molar-refractivity contribution in [1.29, 1.82) is 0 Å². The van der Waals surface area contributed by atoms with Crippen molar-refractivity contribution in [2.24, 2.45) is 11.3 Å². The third-order valence-corrected chi connectivity index (χ3v) is 5.09. The molecule has 1 saturated heterocycles. The first-order valence-electron chi connectivity index (χ1n) is 9.23. The van der Waals surface area contributed by atoms with Crippen molar-refractivity contribution in [3.8, 4) is 0 Å². The molecule has 6 heteroatoms. The third kappa shape index (κ3) is 4.77. The Bertz CT molecular complexity index is 670. The highest BCUT2D eigenvalue weighted by Crippen LogP contribution is 2.24. The second-order valence-electron chi connectivity index (χ2n) is 8.26. The van der Waals surface area contributed by atoms with Crippen LogP contribution in [0, 0.1) is 11.3 Å². The van der Waals surface area contributed by atoms with Gasteiger partial charge in [-0.3, -0.25) is 9.59 Å². The normalized spacial score (nSPS) is 19.5. The molecule has 1 aromatic rings. The Morgan fingerprint density at radius 3 is 2.69 bits per heavy atom. The van der Waals surface area contributed by atoms with Crippen molar-refractivity contribution >= 4 is 24.2 Å². The summed E-state index contributed by atoms with van der Waals surface area (Å²) in [4.78, 5) is 26.9. The minimum atomic E-state index is -0.392. The van der Waals surface area contributed by atoms with E-state index in [-0.39, 0.29) is 30.1 Å². The Morgan fingerprint density at radius 2 is 1.96 bits per heavy atom. The number of fused-ring (bicyclic) bond motifs is 1. The third-order valence-electron chi connectivity index (χ3n) is 5.09. The summed E-state index contributed by atoms with van der Waals surface area (Å²) in [5, 5.41) is 6.39. The molecule has 1 fully saturated rings. The predicted molar refractivity (Wildman–Crippen MR) is 105 cm³/mol. The molecule has 144 valence electrons. The van der Waals surface area contributed by atoms with Crippen LogP contribution in [0.25, 0.3) is 0 Å². The molecular weight excluding hydrogens is 350 g/mol. The molecule has 2 amide bonds. The summed E-state index contributed by atoms with van der Waals surface area (Å²) in [6.45, 7) is 9.49. The van der Waals surface area contributed by atoms with Gasteiger partial charge >= 0.3 is 0 Å². The van der Waals surface area contributed by atoms with E-state index in [4.69, 9.17) is 0 Å². The quantitative estimate of drug-likeness (QED) is 0.848. The van der Waals surface area contributed by atoms with Crippen LogP contribution in [-0.2, 0) is 29.2 Å². The zero-order chi connectivity index (χ0) is 18.0. The van der Waals surface area contributed by atoms with Crippen LogP contribution in [0.5, 0.6) is 0 Å². The first-order chi connectivity index (χ1) is 11.8. The number of carbonyl (C=O) groups excluding carboxylic acids is 2. The van der Waals surface area contributed by atoms with Gasteiger partial charge < -0.3 is 15.5 Å². The average Bonchev–Trinajstić information content (AvgIpc) is 3.06. The van der Waals surface area contributed by atoms with E-state index in [1.807, 2.05) is 25.7 Å². The highest BCUT2D eigenvalue weighted by atomic mass is 35.5. The first kappa shape index (κ1) is 20.7. The lowest BCUT2D eigenvalue weighted by atomic mass is 9.91. The standard InChI is InChI=1S/C20H29N3O2.ClH/c1-20(2,3)19(25)23-8-4-5-16(13-23)18(24)22-10-14-6-7-15-11-21-12-17(15)9-14;/h6-7,9,16,21H,4-5,8,10-13H2,1-3H3,(H,22,24);1H. The van der Waals surface area contributed by atoms with Gasteiger partial charge in [0.1, 0.15) is 0 Å². The minimum absolute atomic E-state index is 0. The molecule has 1 aromatic carbocycles. The van der Waals surface area contributed by atoms with Crippen LogP contribution in [0.15, 0.2) is 18.2 Å². The van der Waals surface area contributed by atoms with Crippen LogP contribution in [0.4, 0.5) is 0 Å². The van der Waals surface area contributed by atoms with Crippen molar-refractivity contribution in [2.45, 2.75) is 53.2 Å². The SMILES string of the molecule is CC(C)(C)C(=O)N1CCCC(C(=O)NCc2ccc3c(c2)CNC3)C1.Cl. The number of likely N-dealkylation sites (tertiary alicyclic amines) is 1. The van der Waals surface area contributed by atoms with Crippen molar-refractivity contribution in [3.05, 3.63) is 34.9 Å². The number of piperidine rings is 1. The smallest absolute Gasteiger partial charge is 0.227 e. The number of halogens is 1. The summed E-state index contributed by atoms with van der Waals surface area (Å²) in [6, 6.07) is 6.40. The highest BCUT2D eigenvalue weighted by Gasteiger charge is 2.33. The molecule has 2 aliphatic rings. The van der Waals surface area contributed by atoms with E-state index >= 15 is 0 Å². The maximum atomic E-state index is 12.6. The summed E-state index contributed by atoms with van der Waals surface area (Å²) in [7, 11) is 0. The Hall–Kier alpha value is -1.59. The molecule has 2 aliphatic heterocycles. The second-order valence-corrected chi connectivity index (χ2v) is 8.26. The highest BCUT2D eigenvalue weighted by molar-refractivity contribution is 5.85. The van der Waals surface area contributed by atoms with Crippen molar-refractivity contribution in [2.75, 3.05) is 13.1 Å². The molecule has 2 heterocycles. The van der Waals surface area contributed by atoms with Gasteiger partial charge in [0.05, 0.1) is 5.92 Å². The largest absolute Gasteiger partial charge is 0.352 e. The van der Waals surface area contributed by atoms with E-state index in [1.54, 1.807) is 0 Å². The Morgan fingerprint density at radius 1 is 1.23 bits per heavy atom. The van der Waals surface area contributed by atoms with Crippen molar-refractivity contribution in [1.82, 2.24) is 15.5 Å². The van der Waals surface area contributed by atoms with Gasteiger partial charge in [0, 0.05) is 38.1 Å². The number of nitrogens with zero attached hydrogens (tertiary/aromatic N) is 1. The molecule has 0 spiro atoms. The van der Waals surface area contributed by atoms with Gasteiger partial charge in [-0.25, -0.2) is 0 Å². The van der Waals surface area contributed by atoms with E-state index in [9.17, 15) is 9.59 Å². The molecule has 2 N–H and O–H groups in total. The van der Waals surface area contributed by atoms with E-state index < -0.39 is 5.41 Å². The van der Waals surface area contributed by atoms with Crippen molar-refractivity contribution in [3.63, 3.8) is 0 Å². The summed E-state index contributed by atoms with van der Waals surface area (Å²) in [5.74, 6) is 0.0947. The molecule has 26 heavy (non-hydrogen) atoms. The molecule has 0 saturated carbocycles. The van der Waals surface area contributed by atoms with Gasteiger partial charge in [-0.15, -0.1) is 12.4 Å². The van der Waals surface area contributed by atoms with Gasteiger partial charge in [0.15, 0.2) is 0 Å². The number of hydrogen-bond acceptors (Lipinski definition) is 3. The molecular formula is C20H30ClN3O2. The second kappa shape index (κ2) is 8.40. The molecule has 1 atom stereocenters. The molecule has 1 unspecified atom stereocenters. The molecule has 3 rings (SSSR count). The predicted octanol–water partition coefficient (Wildman–Crippen LogP) is 2.61. The summed E-state index contributed by atoms with van der Waals surface area (Å²) in [5.41, 5.74) is 3.41. The fourth-order valence-corrected chi connectivity index (χ4v) is 3.64. The molecule has 0 aromatic heterocycles. The fraction of sp³-hybridized carbons (Fsp3) is 0.600. The van der Waals surface area contributed by atoms with Gasteiger partial charge in [-0.05, 0) is 29.5 Å². The number of carbonyl (C=O) groups is 2. The summed E-state index contributed by atoms with van der Waals surface area (Å²) < 4.78 is 0. The minimum Gasteiger partial charge on any atom is -0.352 e. The van der Waals surface area contributed by atoms with Crippen LogP contribution in [0.1, 0.15) is 50.3 Å². The van der Waals surface area contributed by atoms with E-state index in [1.165, 1.54) is 11.1 Å². The van der Waals surface area contributed by atoms with Crippen LogP contribution in [-0.4, -0.2) is 29.8 Å². The van der Waals surface area contributed by atoms with Gasteiger partial charge in [-0.2, -0.15) is 0 Å². The topological polar surface area (TPSA) is 61.4 Å². The van der Waals surface area contributed by atoms with E-state index in [2.05, 4.69) is 28.8 Å². The van der Waals surface area contributed by atoms with Gasteiger partial charge in [0.25, 0.3) is 0 Å². The van der Waals surface area contributed by atoms with Gasteiger partial charge in [-0.1, -0.05) is 39.0 Å². The number of benzene rings is 1. The lowest BCUT2D eigenvalue weighted by Gasteiger charge is -2.35. The molecule has 0 aliphatic carbocycles. The van der Waals surface area contributed by atoms with E-state index in [0.717, 1.165) is 38.0 Å². The maximum absolute atomic E-state index is 12.6. The lowest BCUT2D eigenvalue weighted by molar-refractivity contribution is -0.142. The summed E-state index contributed by atoms with van der Waals surface area (Å²) >= 11 is 0. The average molecular weight is 380 g/mol. The Labute approximate surface area is 162 Å². The van der Waals surface area contributed by atoms with Crippen LogP contribution < -0.4 is 10.6 Å². The zero-order valence-electron chi connectivity index (χ0n) is 15.9. The Balaban J connectivity index is 0.00000243. The number of amides is 2. The lowest BCUT2D eigenvalue weighted by Crippen LogP contribution is -2.48. The monoisotopic (exact) mass is 379 g/mol. The van der Waals surface area contributed by atoms with Crippen LogP contribution in [0.2, 0.25) is 0 Å². The van der Waals surface area contributed by atoms with Crippen molar-refractivity contribution < 1.29 is 9.59 Å². The first-order valence-corrected chi connectivity index (χ1v) is 9.23. The van der Waals surface area contributed by atoms with Gasteiger partial charge in [0.2, 0.25) is 11.8 Å². The maximum Gasteiger partial charge on any atom is 0.227 e. The van der Waals surface area contributed by atoms with Crippen LogP contribution in [0.3, 0.4) is 0 Å². The number of rotatable bonds is 3. The van der Waals surface area contributed by atoms with Crippen LogP contribution >= 0.6 is 12.4 Å². The Kier molecular flexibility index (Phi) is 6.69. The summed E-state index contributed by atoms with van der Waals surface area (Å²) in [6.07, 6.45) is 1.75.